The van der Waals surface area contributed by atoms with Gasteiger partial charge in [0.1, 0.15) is 16.1 Å². The molecule has 0 bridgehead atoms. The van der Waals surface area contributed by atoms with E-state index in [1.54, 1.807) is 17.5 Å². The summed E-state index contributed by atoms with van der Waals surface area (Å²) in [5.41, 5.74) is 2.79. The lowest BCUT2D eigenvalue weighted by molar-refractivity contribution is 0.609. The molecule has 1 aromatic heterocycles. The van der Waals surface area contributed by atoms with Crippen molar-refractivity contribution in [1.29, 1.82) is 5.26 Å². The molecule has 1 N–H and O–H groups in total. The first-order valence-corrected chi connectivity index (χ1v) is 7.68. The number of rotatable bonds is 3. The minimum Gasteiger partial charge on any atom is -0.277 e. The van der Waals surface area contributed by atoms with Crippen molar-refractivity contribution < 1.29 is 12.8 Å². The number of nitriles is 1. The fraction of sp³-hybridized carbons (Fsp3) is 0. The first kappa shape index (κ1) is 14.2. The van der Waals surface area contributed by atoms with Crippen LogP contribution >= 0.6 is 11.3 Å². The molecule has 20 heavy (non-hydrogen) atoms. The van der Waals surface area contributed by atoms with Gasteiger partial charge in [-0.3, -0.25) is 5.43 Å². The Hall–Kier alpha value is -2.24. The summed E-state index contributed by atoms with van der Waals surface area (Å²) in [5, 5.41) is 13.4. The van der Waals surface area contributed by atoms with Crippen molar-refractivity contribution in [2.45, 2.75) is 4.21 Å². The van der Waals surface area contributed by atoms with Crippen molar-refractivity contribution in [2.75, 3.05) is 5.43 Å². The fourth-order valence-electron chi connectivity index (χ4n) is 1.30. The molecule has 5 nitrogen and oxygen atoms in total. The van der Waals surface area contributed by atoms with E-state index in [2.05, 4.69) is 10.5 Å². The quantitative estimate of drug-likeness (QED) is 0.537. The van der Waals surface area contributed by atoms with Gasteiger partial charge in [0.15, 0.2) is 0 Å². The van der Waals surface area contributed by atoms with Crippen LogP contribution in [0.4, 0.5) is 10.1 Å². The second kappa shape index (κ2) is 5.81. The van der Waals surface area contributed by atoms with Gasteiger partial charge in [0.2, 0.25) is 9.84 Å². The highest BCUT2D eigenvalue weighted by atomic mass is 32.2. The van der Waals surface area contributed by atoms with Gasteiger partial charge in [0.25, 0.3) is 5.04 Å². The first-order chi connectivity index (χ1) is 9.54. The van der Waals surface area contributed by atoms with Crippen LogP contribution in [-0.4, -0.2) is 13.5 Å². The van der Waals surface area contributed by atoms with Crippen molar-refractivity contribution in [3.63, 3.8) is 0 Å². The van der Waals surface area contributed by atoms with Gasteiger partial charge in [-0.25, -0.2) is 12.8 Å². The maximum Gasteiger partial charge on any atom is 0.257 e. The van der Waals surface area contributed by atoms with Crippen LogP contribution in [0.2, 0.25) is 0 Å². The molecule has 0 fully saturated rings. The van der Waals surface area contributed by atoms with Gasteiger partial charge >= 0.3 is 0 Å². The summed E-state index contributed by atoms with van der Waals surface area (Å²) in [4.78, 5) is 0. The highest BCUT2D eigenvalue weighted by Crippen LogP contribution is 2.19. The molecule has 0 saturated heterocycles. The lowest BCUT2D eigenvalue weighted by atomic mass is 10.3. The molecular formula is C12H8FN3O2S2. The van der Waals surface area contributed by atoms with Crippen molar-refractivity contribution in [1.82, 2.24) is 0 Å². The number of nitrogens with zero attached hydrogens (tertiary/aromatic N) is 2. The van der Waals surface area contributed by atoms with Gasteiger partial charge < -0.3 is 0 Å². The molecule has 102 valence electrons. The smallest absolute Gasteiger partial charge is 0.257 e. The van der Waals surface area contributed by atoms with E-state index in [9.17, 15) is 12.8 Å². The molecule has 2 aromatic rings. The highest BCUT2D eigenvalue weighted by molar-refractivity contribution is 8.08. The fourth-order valence-corrected chi connectivity index (χ4v) is 3.39. The van der Waals surface area contributed by atoms with Gasteiger partial charge in [-0.05, 0) is 35.7 Å². The molecular weight excluding hydrogens is 301 g/mol. The number of hydrazone groups is 1. The predicted molar refractivity (Wildman–Crippen MR) is 74.6 cm³/mol. The summed E-state index contributed by atoms with van der Waals surface area (Å²) < 4.78 is 36.9. The summed E-state index contributed by atoms with van der Waals surface area (Å²) in [5.74, 6) is -0.425. The average Bonchev–Trinajstić information content (AvgIpc) is 2.96. The Bertz CT molecular complexity index is 760. The molecule has 0 saturated carbocycles. The van der Waals surface area contributed by atoms with Crippen molar-refractivity contribution >= 4 is 31.9 Å². The Kier molecular flexibility index (Phi) is 4.12. The Balaban J connectivity index is 2.27. The Morgan fingerprint density at radius 2 is 2.00 bits per heavy atom. The summed E-state index contributed by atoms with van der Waals surface area (Å²) in [6.07, 6.45) is 0. The molecule has 0 unspecified atom stereocenters. The lowest BCUT2D eigenvalue weighted by Gasteiger charge is -2.01. The predicted octanol–water partition coefficient (Wildman–Crippen LogP) is 2.61. The maximum atomic E-state index is 12.7. The van der Waals surface area contributed by atoms with Gasteiger partial charge in [-0.1, -0.05) is 6.07 Å². The van der Waals surface area contributed by atoms with Gasteiger partial charge in [-0.15, -0.1) is 11.3 Å². The minimum atomic E-state index is -3.92. The van der Waals surface area contributed by atoms with Crippen LogP contribution in [0.15, 0.2) is 51.1 Å². The minimum absolute atomic E-state index is 0.0405. The van der Waals surface area contributed by atoms with Crippen LogP contribution in [-0.2, 0) is 9.84 Å². The van der Waals surface area contributed by atoms with Crippen LogP contribution in [0.1, 0.15) is 0 Å². The van der Waals surface area contributed by atoms with Gasteiger partial charge in [-0.2, -0.15) is 10.4 Å². The topological polar surface area (TPSA) is 82.3 Å². The SMILES string of the molecule is N#CC(=NNc1ccc(F)cc1)S(=O)(=O)c1cccs1. The molecule has 0 aliphatic rings. The van der Waals surface area contributed by atoms with E-state index in [0.29, 0.717) is 5.69 Å². The van der Waals surface area contributed by atoms with E-state index in [0.717, 1.165) is 11.3 Å². The molecule has 1 heterocycles. The number of benzene rings is 1. The number of thiophene rings is 1. The van der Waals surface area contributed by atoms with Crippen molar-refractivity contribution in [3.8, 4) is 6.07 Å². The number of anilines is 1. The molecule has 0 spiro atoms. The summed E-state index contributed by atoms with van der Waals surface area (Å²) in [7, 11) is -3.92. The third-order valence-corrected chi connectivity index (χ3v) is 5.21. The zero-order chi connectivity index (χ0) is 14.6. The first-order valence-electron chi connectivity index (χ1n) is 5.32. The summed E-state index contributed by atoms with van der Waals surface area (Å²) in [6, 6.07) is 9.65. The van der Waals surface area contributed by atoms with E-state index in [4.69, 9.17) is 5.26 Å². The maximum absolute atomic E-state index is 12.7. The molecule has 0 atom stereocenters. The third-order valence-electron chi connectivity index (χ3n) is 2.24. The Morgan fingerprint density at radius 1 is 1.30 bits per heavy atom. The Morgan fingerprint density at radius 3 is 2.55 bits per heavy atom. The molecule has 0 radical (unpaired) electrons. The van der Waals surface area contributed by atoms with Crippen LogP contribution < -0.4 is 5.43 Å². The van der Waals surface area contributed by atoms with Gasteiger partial charge in [0, 0.05) is 0 Å². The largest absolute Gasteiger partial charge is 0.277 e. The molecule has 0 aliphatic carbocycles. The number of sulfone groups is 1. The van der Waals surface area contributed by atoms with Crippen molar-refractivity contribution in [3.05, 3.63) is 47.6 Å². The standard InChI is InChI=1S/C12H8FN3O2S2/c13-9-3-5-10(6-4-9)15-16-11(8-14)20(17,18)12-2-1-7-19-12/h1-7,15H. The zero-order valence-electron chi connectivity index (χ0n) is 9.95. The second-order valence-electron chi connectivity index (χ2n) is 3.58. The second-order valence-corrected chi connectivity index (χ2v) is 6.62. The number of nitrogens with one attached hydrogen (secondary N) is 1. The van der Waals surface area contributed by atoms with Crippen LogP contribution in [0.3, 0.4) is 0 Å². The van der Waals surface area contributed by atoms with Crippen LogP contribution in [0.25, 0.3) is 0 Å². The number of hydrogen-bond donors (Lipinski definition) is 1. The van der Waals surface area contributed by atoms with Crippen LogP contribution in [0.5, 0.6) is 0 Å². The molecule has 8 heteroatoms. The summed E-state index contributed by atoms with van der Waals surface area (Å²) in [6.45, 7) is 0. The van der Waals surface area contributed by atoms with E-state index in [1.165, 1.54) is 30.3 Å². The number of hydrogen-bond acceptors (Lipinski definition) is 6. The van der Waals surface area contributed by atoms with Crippen molar-refractivity contribution in [2.24, 2.45) is 5.10 Å². The Labute approximate surface area is 118 Å². The molecule has 0 aliphatic heterocycles. The van der Waals surface area contributed by atoms with E-state index in [-0.39, 0.29) is 4.21 Å². The van der Waals surface area contributed by atoms with Gasteiger partial charge in [0.05, 0.1) is 5.69 Å². The summed E-state index contributed by atoms with van der Waals surface area (Å²) >= 11 is 1.000. The highest BCUT2D eigenvalue weighted by Gasteiger charge is 2.23. The lowest BCUT2D eigenvalue weighted by Crippen LogP contribution is -2.13. The third kappa shape index (κ3) is 3.01. The number of halogens is 1. The van der Waals surface area contributed by atoms with Crippen LogP contribution in [0, 0.1) is 17.1 Å². The normalized spacial score (nSPS) is 11.9. The van der Waals surface area contributed by atoms with E-state index >= 15 is 0 Å². The molecule has 1 aromatic carbocycles. The average molecular weight is 309 g/mol. The molecule has 0 amide bonds. The molecule has 2 rings (SSSR count). The van der Waals surface area contributed by atoms with E-state index in [1.807, 2.05) is 0 Å². The monoisotopic (exact) mass is 309 g/mol. The zero-order valence-corrected chi connectivity index (χ0v) is 11.6. The van der Waals surface area contributed by atoms with E-state index < -0.39 is 20.7 Å².